The highest BCUT2D eigenvalue weighted by atomic mass is 16.5. The smallest absolute Gasteiger partial charge is 0.282 e. The van der Waals surface area contributed by atoms with Crippen LogP contribution in [0.15, 0.2) is 16.1 Å². The molecule has 0 saturated carbocycles. The molecule has 2 atom stereocenters. The molecular weight excluding hydrogens is 296 g/mol. The van der Waals surface area contributed by atoms with Crippen molar-refractivity contribution in [3.63, 3.8) is 0 Å². The van der Waals surface area contributed by atoms with E-state index in [1.54, 1.807) is 29.2 Å². The lowest BCUT2D eigenvalue weighted by molar-refractivity contribution is -0.0332. The molecule has 0 unspecified atom stereocenters. The van der Waals surface area contributed by atoms with Crippen LogP contribution in [0, 0.1) is 0 Å². The Kier molecular flexibility index (Phi) is 5.15. The molecule has 0 fully saturated rings. The molecule has 2 aromatic heterocycles. The average Bonchev–Trinajstić information content (AvgIpc) is 2.93. The summed E-state index contributed by atoms with van der Waals surface area (Å²) in [7, 11) is 5.34. The van der Waals surface area contributed by atoms with Gasteiger partial charge in [-0.15, -0.1) is 0 Å². The molecule has 8 heteroatoms. The predicted octanol–water partition coefficient (Wildman–Crippen LogP) is 1.69. The first kappa shape index (κ1) is 17.1. The standard InChI is InChI=1S/C15H24N6O2/c1-7-10(2)23-11(3)21-9-16-12-13(21)18-15(17-8-19(4)5)20(6)14(12)22/h8-11H,7H2,1-6H3/b17-8+/t10-,11-/m1/s1. The number of ether oxygens (including phenoxy) is 1. The molecule has 0 aliphatic carbocycles. The number of fused-ring (bicyclic) bond motifs is 1. The highest BCUT2D eigenvalue weighted by Crippen LogP contribution is 2.19. The Morgan fingerprint density at radius 2 is 2.13 bits per heavy atom. The monoisotopic (exact) mass is 320 g/mol. The minimum atomic E-state index is -0.264. The fourth-order valence-corrected chi connectivity index (χ4v) is 2.08. The van der Waals surface area contributed by atoms with Crippen LogP contribution in [0.2, 0.25) is 0 Å². The fourth-order valence-electron chi connectivity index (χ4n) is 2.08. The molecule has 0 spiro atoms. The van der Waals surface area contributed by atoms with Gasteiger partial charge in [0.1, 0.15) is 6.23 Å². The molecular formula is C15H24N6O2. The van der Waals surface area contributed by atoms with Crippen molar-refractivity contribution in [2.75, 3.05) is 14.1 Å². The summed E-state index contributed by atoms with van der Waals surface area (Å²) in [4.78, 5) is 27.1. The molecule has 0 saturated heterocycles. The fraction of sp³-hybridized carbons (Fsp3) is 0.600. The molecule has 8 nitrogen and oxygen atoms in total. The highest BCUT2D eigenvalue weighted by molar-refractivity contribution is 5.71. The third-order valence-corrected chi connectivity index (χ3v) is 3.58. The molecule has 0 bridgehead atoms. The van der Waals surface area contributed by atoms with Crippen molar-refractivity contribution in [3.05, 3.63) is 16.7 Å². The number of hydrogen-bond donors (Lipinski definition) is 0. The second kappa shape index (κ2) is 6.91. The lowest BCUT2D eigenvalue weighted by Crippen LogP contribution is -2.20. The van der Waals surface area contributed by atoms with E-state index in [9.17, 15) is 4.79 Å². The minimum absolute atomic E-state index is 0.111. The summed E-state index contributed by atoms with van der Waals surface area (Å²) >= 11 is 0. The number of nitrogens with zero attached hydrogens (tertiary/aromatic N) is 6. The minimum Gasteiger partial charge on any atom is -0.369 e. The van der Waals surface area contributed by atoms with Gasteiger partial charge < -0.3 is 9.64 Å². The molecule has 2 rings (SSSR count). The van der Waals surface area contributed by atoms with E-state index in [2.05, 4.69) is 21.9 Å². The van der Waals surface area contributed by atoms with Gasteiger partial charge in [0.05, 0.1) is 18.8 Å². The predicted molar refractivity (Wildman–Crippen MR) is 90.2 cm³/mol. The zero-order chi connectivity index (χ0) is 17.1. The van der Waals surface area contributed by atoms with Crippen LogP contribution in [-0.4, -0.2) is 50.5 Å². The maximum absolute atomic E-state index is 12.4. The summed E-state index contributed by atoms with van der Waals surface area (Å²) in [5, 5.41) is 0. The van der Waals surface area contributed by atoms with E-state index in [0.717, 1.165) is 6.42 Å². The van der Waals surface area contributed by atoms with Gasteiger partial charge in [0.15, 0.2) is 11.2 Å². The molecule has 0 aromatic carbocycles. The second-order valence-electron chi connectivity index (χ2n) is 5.76. The molecule has 0 aliphatic rings. The Hall–Kier alpha value is -2.22. The van der Waals surface area contributed by atoms with Crippen LogP contribution < -0.4 is 5.56 Å². The molecule has 2 heterocycles. The van der Waals surface area contributed by atoms with Crippen molar-refractivity contribution >= 4 is 23.5 Å². The van der Waals surface area contributed by atoms with Gasteiger partial charge in [0, 0.05) is 21.1 Å². The quantitative estimate of drug-likeness (QED) is 0.598. The lowest BCUT2D eigenvalue weighted by atomic mass is 10.3. The Morgan fingerprint density at radius 1 is 1.43 bits per heavy atom. The van der Waals surface area contributed by atoms with Gasteiger partial charge in [-0.25, -0.2) is 9.98 Å². The van der Waals surface area contributed by atoms with E-state index in [0.29, 0.717) is 17.1 Å². The van der Waals surface area contributed by atoms with Crippen LogP contribution in [0.3, 0.4) is 0 Å². The van der Waals surface area contributed by atoms with Gasteiger partial charge in [-0.1, -0.05) is 6.92 Å². The van der Waals surface area contributed by atoms with E-state index in [1.165, 1.54) is 4.57 Å². The first-order valence-electron chi connectivity index (χ1n) is 7.64. The third kappa shape index (κ3) is 3.58. The molecule has 0 N–H and O–H groups in total. The van der Waals surface area contributed by atoms with Crippen molar-refractivity contribution < 1.29 is 4.74 Å². The summed E-state index contributed by atoms with van der Waals surface area (Å²) in [5.41, 5.74) is 0.570. The molecule has 0 aliphatic heterocycles. The third-order valence-electron chi connectivity index (χ3n) is 3.58. The van der Waals surface area contributed by atoms with Crippen LogP contribution in [-0.2, 0) is 11.8 Å². The number of rotatable bonds is 6. The van der Waals surface area contributed by atoms with Gasteiger partial charge in [-0.2, -0.15) is 4.98 Å². The normalized spacial score (nSPS) is 14.5. The van der Waals surface area contributed by atoms with Gasteiger partial charge in [-0.05, 0) is 20.3 Å². The lowest BCUT2D eigenvalue weighted by Gasteiger charge is -2.19. The summed E-state index contributed by atoms with van der Waals surface area (Å²) in [5.74, 6) is 0.327. The summed E-state index contributed by atoms with van der Waals surface area (Å²) < 4.78 is 9.04. The van der Waals surface area contributed by atoms with Gasteiger partial charge >= 0.3 is 0 Å². The summed E-state index contributed by atoms with van der Waals surface area (Å²) in [6, 6.07) is 0. The van der Waals surface area contributed by atoms with Crippen molar-refractivity contribution in [2.45, 2.75) is 39.5 Å². The van der Waals surface area contributed by atoms with Crippen molar-refractivity contribution in [1.29, 1.82) is 0 Å². The number of aliphatic imine (C=N–C) groups is 1. The van der Waals surface area contributed by atoms with Crippen LogP contribution >= 0.6 is 0 Å². The highest BCUT2D eigenvalue weighted by Gasteiger charge is 2.17. The number of imidazole rings is 1. The SMILES string of the molecule is CC[C@@H](C)O[C@H](C)n1cnc2c(=O)n(C)c(/N=C/N(C)C)nc21. The Labute approximate surface area is 135 Å². The molecule has 0 radical (unpaired) electrons. The summed E-state index contributed by atoms with van der Waals surface area (Å²) in [6.45, 7) is 5.98. The van der Waals surface area contributed by atoms with Crippen LogP contribution in [0.1, 0.15) is 33.4 Å². The second-order valence-corrected chi connectivity index (χ2v) is 5.76. The zero-order valence-corrected chi connectivity index (χ0v) is 14.5. The average molecular weight is 320 g/mol. The number of aromatic nitrogens is 4. The van der Waals surface area contributed by atoms with E-state index < -0.39 is 0 Å². The van der Waals surface area contributed by atoms with Crippen LogP contribution in [0.25, 0.3) is 11.2 Å². The van der Waals surface area contributed by atoms with Crippen LogP contribution in [0.4, 0.5) is 5.95 Å². The zero-order valence-electron chi connectivity index (χ0n) is 14.5. The Morgan fingerprint density at radius 3 is 2.74 bits per heavy atom. The molecule has 0 amide bonds. The molecule has 23 heavy (non-hydrogen) atoms. The van der Waals surface area contributed by atoms with Crippen molar-refractivity contribution in [3.8, 4) is 0 Å². The van der Waals surface area contributed by atoms with E-state index in [-0.39, 0.29) is 17.9 Å². The Bertz CT molecular complexity index is 761. The van der Waals surface area contributed by atoms with E-state index in [4.69, 9.17) is 4.74 Å². The van der Waals surface area contributed by atoms with Gasteiger partial charge in [-0.3, -0.25) is 13.9 Å². The first-order valence-corrected chi connectivity index (χ1v) is 7.64. The maximum atomic E-state index is 12.4. The maximum Gasteiger partial charge on any atom is 0.282 e. The van der Waals surface area contributed by atoms with Crippen molar-refractivity contribution in [1.82, 2.24) is 24.0 Å². The topological polar surface area (TPSA) is 77.5 Å². The largest absolute Gasteiger partial charge is 0.369 e. The van der Waals surface area contributed by atoms with E-state index >= 15 is 0 Å². The summed E-state index contributed by atoms with van der Waals surface area (Å²) in [6.07, 6.45) is 3.95. The first-order chi connectivity index (χ1) is 10.8. The van der Waals surface area contributed by atoms with Gasteiger partial charge in [0.2, 0.25) is 5.95 Å². The van der Waals surface area contributed by atoms with Crippen LogP contribution in [0.5, 0.6) is 0 Å². The molecule has 2 aromatic rings. The molecule has 126 valence electrons. The van der Waals surface area contributed by atoms with E-state index in [1.807, 2.05) is 27.9 Å². The Balaban J connectivity index is 2.51. The van der Waals surface area contributed by atoms with Crippen molar-refractivity contribution in [2.24, 2.45) is 12.0 Å². The number of hydrogen-bond acceptors (Lipinski definition) is 5. The van der Waals surface area contributed by atoms with Gasteiger partial charge in [0.25, 0.3) is 5.56 Å².